The van der Waals surface area contributed by atoms with Crippen LogP contribution in [0.1, 0.15) is 6.92 Å². The number of alkyl halides is 2. The number of carbonyl (C=O) groups is 1. The fourth-order valence-corrected chi connectivity index (χ4v) is 0.501. The lowest BCUT2D eigenvalue weighted by atomic mass is 9.98. The highest BCUT2D eigenvalue weighted by molar-refractivity contribution is 5.76. The van der Waals surface area contributed by atoms with Gasteiger partial charge in [0.25, 0.3) is 6.43 Å². The normalized spacial score (nSPS) is 18.6. The second kappa shape index (κ2) is 3.77. The van der Waals surface area contributed by atoms with Crippen molar-refractivity contribution in [1.82, 2.24) is 0 Å². The van der Waals surface area contributed by atoms with E-state index >= 15 is 0 Å². The van der Waals surface area contributed by atoms with Crippen molar-refractivity contribution in [1.29, 1.82) is 0 Å². The molecule has 72 valence electrons. The molecule has 0 aromatic heterocycles. The molecule has 0 aliphatic rings. The van der Waals surface area contributed by atoms with Crippen LogP contribution in [0, 0.1) is 0 Å². The largest absolute Gasteiger partial charge is 0.468 e. The molecule has 0 aromatic rings. The van der Waals surface area contributed by atoms with Crippen molar-refractivity contribution in [2.45, 2.75) is 25.0 Å². The van der Waals surface area contributed by atoms with Gasteiger partial charge in [0.1, 0.15) is 11.6 Å². The highest BCUT2D eigenvalue weighted by atomic mass is 19.3. The number of rotatable bonds is 3. The average Bonchev–Trinajstić information content (AvgIpc) is 2.01. The monoisotopic (exact) mass is 183 g/mol. The lowest BCUT2D eigenvalue weighted by Gasteiger charge is -2.26. The first-order chi connectivity index (χ1) is 5.34. The van der Waals surface area contributed by atoms with Gasteiger partial charge in [0.05, 0.1) is 7.11 Å². The van der Waals surface area contributed by atoms with Crippen LogP contribution in [0.2, 0.25) is 0 Å². The van der Waals surface area contributed by atoms with Gasteiger partial charge >= 0.3 is 5.97 Å². The Morgan fingerprint density at radius 2 is 2.08 bits per heavy atom. The van der Waals surface area contributed by atoms with Gasteiger partial charge in [-0.15, -0.1) is 0 Å². The van der Waals surface area contributed by atoms with Gasteiger partial charge < -0.3 is 15.6 Å². The van der Waals surface area contributed by atoms with E-state index in [-0.39, 0.29) is 0 Å². The minimum Gasteiger partial charge on any atom is -0.468 e. The molecule has 0 fully saturated rings. The molecule has 12 heavy (non-hydrogen) atoms. The summed E-state index contributed by atoms with van der Waals surface area (Å²) in [5.41, 5.74) is 2.45. The zero-order valence-corrected chi connectivity index (χ0v) is 6.75. The predicted octanol–water partition coefficient (Wildman–Crippen LogP) is -0.497. The van der Waals surface area contributed by atoms with Crippen LogP contribution in [-0.4, -0.2) is 36.3 Å². The molecule has 3 N–H and O–H groups in total. The Balaban J connectivity index is 4.45. The van der Waals surface area contributed by atoms with Gasteiger partial charge in [0, 0.05) is 0 Å². The second-order valence-electron chi connectivity index (χ2n) is 2.53. The molecule has 0 spiro atoms. The third kappa shape index (κ3) is 2.12. The van der Waals surface area contributed by atoms with Gasteiger partial charge in [-0.25, -0.2) is 8.78 Å². The molecule has 0 aliphatic heterocycles. The van der Waals surface area contributed by atoms with Gasteiger partial charge in [-0.05, 0) is 6.92 Å². The van der Waals surface area contributed by atoms with E-state index in [9.17, 15) is 13.6 Å². The number of hydrogen-bond donors (Lipinski definition) is 2. The average molecular weight is 183 g/mol. The minimum atomic E-state index is -3.09. The van der Waals surface area contributed by atoms with Gasteiger partial charge in [-0.1, -0.05) is 0 Å². The Morgan fingerprint density at radius 1 is 1.67 bits per heavy atom. The molecule has 0 saturated heterocycles. The molecule has 0 heterocycles. The highest BCUT2D eigenvalue weighted by Gasteiger charge is 2.43. The van der Waals surface area contributed by atoms with Gasteiger partial charge in [-0.2, -0.15) is 0 Å². The second-order valence-corrected chi connectivity index (χ2v) is 2.53. The fraction of sp³-hybridized carbons (Fsp3) is 0.833. The quantitative estimate of drug-likeness (QED) is 0.579. The SMILES string of the molecule is COC(=O)[C@@H](N)[C@](C)(O)C(F)F. The summed E-state index contributed by atoms with van der Waals surface area (Å²) in [6.45, 7) is 0.777. The number of nitrogens with two attached hydrogens (primary N) is 1. The van der Waals surface area contributed by atoms with Crippen molar-refractivity contribution >= 4 is 5.97 Å². The Kier molecular flexibility index (Phi) is 3.54. The summed E-state index contributed by atoms with van der Waals surface area (Å²) < 4.78 is 28.1. The number of methoxy groups -OCH3 is 1. The zero-order chi connectivity index (χ0) is 9.94. The first-order valence-corrected chi connectivity index (χ1v) is 3.18. The first-order valence-electron chi connectivity index (χ1n) is 3.18. The van der Waals surface area contributed by atoms with Gasteiger partial charge in [0.15, 0.2) is 0 Å². The highest BCUT2D eigenvalue weighted by Crippen LogP contribution is 2.18. The van der Waals surface area contributed by atoms with E-state index in [1.807, 2.05) is 0 Å². The number of hydrogen-bond acceptors (Lipinski definition) is 4. The van der Waals surface area contributed by atoms with Crippen LogP contribution in [0.4, 0.5) is 8.78 Å². The van der Waals surface area contributed by atoms with Crippen molar-refractivity contribution in [2.75, 3.05) is 7.11 Å². The summed E-state index contributed by atoms with van der Waals surface area (Å²) in [5, 5.41) is 8.99. The minimum absolute atomic E-state index is 0.777. The van der Waals surface area contributed by atoms with Gasteiger partial charge in [-0.3, -0.25) is 4.79 Å². The number of carbonyl (C=O) groups excluding carboxylic acids is 1. The number of halogens is 2. The number of aliphatic hydroxyl groups is 1. The Hall–Kier alpha value is -0.750. The summed E-state index contributed by atoms with van der Waals surface area (Å²) >= 11 is 0. The van der Waals surface area contributed by atoms with Gasteiger partial charge in [0.2, 0.25) is 0 Å². The maximum atomic E-state index is 12.0. The number of ether oxygens (including phenoxy) is 1. The molecular formula is C6H11F2NO3. The third-order valence-corrected chi connectivity index (χ3v) is 1.53. The van der Waals surface area contributed by atoms with Crippen LogP contribution in [0.15, 0.2) is 0 Å². The van der Waals surface area contributed by atoms with Crippen LogP contribution < -0.4 is 5.73 Å². The summed E-state index contributed by atoms with van der Waals surface area (Å²) in [6.07, 6.45) is -3.09. The molecule has 6 heteroatoms. The van der Waals surface area contributed by atoms with Crippen molar-refractivity contribution in [3.8, 4) is 0 Å². The molecule has 0 aromatic carbocycles. The van der Waals surface area contributed by atoms with Crippen molar-refractivity contribution in [2.24, 2.45) is 5.73 Å². The standard InChI is InChI=1S/C6H11F2NO3/c1-6(11,5(7)8)3(9)4(10)12-2/h3,5,11H,9H2,1-2H3/t3-,6+/m1/s1. The van der Waals surface area contributed by atoms with Crippen molar-refractivity contribution < 1.29 is 23.4 Å². The maximum absolute atomic E-state index is 12.0. The molecule has 0 bridgehead atoms. The summed E-state index contributed by atoms with van der Waals surface area (Å²) in [5.74, 6) is -1.07. The van der Waals surface area contributed by atoms with Crippen LogP contribution in [0.25, 0.3) is 0 Å². The molecular weight excluding hydrogens is 172 g/mol. The Labute approximate surface area is 68.3 Å². The number of esters is 1. The molecule has 0 radical (unpaired) electrons. The molecule has 0 aliphatic carbocycles. The molecule has 4 nitrogen and oxygen atoms in total. The van der Waals surface area contributed by atoms with E-state index in [0.29, 0.717) is 0 Å². The smallest absolute Gasteiger partial charge is 0.325 e. The maximum Gasteiger partial charge on any atom is 0.325 e. The molecule has 0 unspecified atom stereocenters. The predicted molar refractivity (Wildman–Crippen MR) is 36.6 cm³/mol. The molecule has 2 atom stereocenters. The Morgan fingerprint density at radius 3 is 2.33 bits per heavy atom. The molecule has 0 rings (SSSR count). The van der Waals surface area contributed by atoms with Crippen molar-refractivity contribution in [3.63, 3.8) is 0 Å². The van der Waals surface area contributed by atoms with E-state index in [2.05, 4.69) is 4.74 Å². The summed E-state index contributed by atoms with van der Waals surface area (Å²) in [7, 11) is 1.00. The molecule has 0 amide bonds. The van der Waals surface area contributed by atoms with E-state index < -0.39 is 24.0 Å². The van der Waals surface area contributed by atoms with E-state index in [1.165, 1.54) is 0 Å². The third-order valence-electron chi connectivity index (χ3n) is 1.53. The van der Waals surface area contributed by atoms with Crippen LogP contribution in [0.3, 0.4) is 0 Å². The topological polar surface area (TPSA) is 72.5 Å². The fourth-order valence-electron chi connectivity index (χ4n) is 0.501. The lowest BCUT2D eigenvalue weighted by molar-refractivity contribution is -0.158. The Bertz CT molecular complexity index is 172. The summed E-state index contributed by atoms with van der Waals surface area (Å²) in [4.78, 5) is 10.6. The van der Waals surface area contributed by atoms with Crippen LogP contribution in [0.5, 0.6) is 0 Å². The lowest BCUT2D eigenvalue weighted by Crippen LogP contribution is -2.55. The zero-order valence-electron chi connectivity index (χ0n) is 6.75. The van der Waals surface area contributed by atoms with Crippen molar-refractivity contribution in [3.05, 3.63) is 0 Å². The summed E-state index contributed by atoms with van der Waals surface area (Å²) in [6, 6.07) is -1.73. The van der Waals surface area contributed by atoms with E-state index in [1.54, 1.807) is 0 Å². The van der Waals surface area contributed by atoms with E-state index in [0.717, 1.165) is 14.0 Å². The molecule has 0 saturated carbocycles. The first kappa shape index (κ1) is 11.2. The van der Waals surface area contributed by atoms with Crippen LogP contribution >= 0.6 is 0 Å². The van der Waals surface area contributed by atoms with Crippen LogP contribution in [-0.2, 0) is 9.53 Å². The van der Waals surface area contributed by atoms with E-state index in [4.69, 9.17) is 10.8 Å².